The van der Waals surface area contributed by atoms with E-state index in [0.717, 1.165) is 25.1 Å². The number of aryl methyl sites for hydroxylation is 1. The SMILES string of the molecule is COC1(C(Cc2ncnn2C)NN)CCCC1. The Morgan fingerprint density at radius 2 is 2.29 bits per heavy atom. The van der Waals surface area contributed by atoms with Gasteiger partial charge in [0.25, 0.3) is 0 Å². The second-order valence-corrected chi connectivity index (χ2v) is 4.70. The molecule has 96 valence electrons. The number of methoxy groups -OCH3 is 1. The van der Waals surface area contributed by atoms with Crippen LogP contribution in [0.3, 0.4) is 0 Å². The topological polar surface area (TPSA) is 78.0 Å². The van der Waals surface area contributed by atoms with Gasteiger partial charge in [0, 0.05) is 20.6 Å². The van der Waals surface area contributed by atoms with Crippen LogP contribution in [0.2, 0.25) is 0 Å². The van der Waals surface area contributed by atoms with Gasteiger partial charge in [-0.25, -0.2) is 4.98 Å². The summed E-state index contributed by atoms with van der Waals surface area (Å²) in [5.74, 6) is 6.62. The molecule has 1 aliphatic rings. The maximum absolute atomic E-state index is 5.74. The monoisotopic (exact) mass is 239 g/mol. The summed E-state index contributed by atoms with van der Waals surface area (Å²) in [6.45, 7) is 0. The molecule has 1 saturated carbocycles. The van der Waals surface area contributed by atoms with Crippen molar-refractivity contribution >= 4 is 0 Å². The van der Waals surface area contributed by atoms with Crippen LogP contribution in [-0.2, 0) is 18.2 Å². The molecule has 2 rings (SSSR count). The number of nitrogens with two attached hydrogens (primary N) is 1. The third-order valence-corrected chi connectivity index (χ3v) is 3.88. The minimum absolute atomic E-state index is 0.0814. The van der Waals surface area contributed by atoms with E-state index >= 15 is 0 Å². The second kappa shape index (κ2) is 5.12. The van der Waals surface area contributed by atoms with Gasteiger partial charge in [0.1, 0.15) is 12.2 Å². The summed E-state index contributed by atoms with van der Waals surface area (Å²) in [4.78, 5) is 4.24. The molecule has 1 aliphatic carbocycles. The van der Waals surface area contributed by atoms with Crippen LogP contribution < -0.4 is 11.3 Å². The first-order valence-electron chi connectivity index (χ1n) is 6.06. The molecule has 6 heteroatoms. The highest BCUT2D eigenvalue weighted by Crippen LogP contribution is 2.36. The standard InChI is InChI=1S/C11H21N5O/c1-16-10(13-8-14-16)7-9(15-12)11(17-2)5-3-4-6-11/h8-9,15H,3-7,12H2,1-2H3. The van der Waals surface area contributed by atoms with Crippen LogP contribution in [0.1, 0.15) is 31.5 Å². The maximum Gasteiger partial charge on any atom is 0.138 e. The van der Waals surface area contributed by atoms with E-state index in [2.05, 4.69) is 15.5 Å². The van der Waals surface area contributed by atoms with Crippen molar-refractivity contribution in [2.75, 3.05) is 7.11 Å². The third-order valence-electron chi connectivity index (χ3n) is 3.88. The van der Waals surface area contributed by atoms with Gasteiger partial charge in [-0.3, -0.25) is 16.0 Å². The Hall–Kier alpha value is -0.980. The van der Waals surface area contributed by atoms with E-state index in [9.17, 15) is 0 Å². The average molecular weight is 239 g/mol. The van der Waals surface area contributed by atoms with Crippen LogP contribution in [0, 0.1) is 0 Å². The first-order chi connectivity index (χ1) is 8.22. The number of nitrogens with one attached hydrogen (secondary N) is 1. The van der Waals surface area contributed by atoms with Crippen LogP contribution in [0.5, 0.6) is 0 Å². The molecule has 1 heterocycles. The summed E-state index contributed by atoms with van der Waals surface area (Å²) >= 11 is 0. The van der Waals surface area contributed by atoms with Gasteiger partial charge >= 0.3 is 0 Å². The predicted molar refractivity (Wildman–Crippen MR) is 64.0 cm³/mol. The first kappa shape index (κ1) is 12.5. The summed E-state index contributed by atoms with van der Waals surface area (Å²) < 4.78 is 7.52. The number of hydrazine groups is 1. The normalized spacial score (nSPS) is 20.6. The maximum atomic E-state index is 5.74. The van der Waals surface area contributed by atoms with Gasteiger partial charge in [-0.15, -0.1) is 0 Å². The lowest BCUT2D eigenvalue weighted by Gasteiger charge is -2.35. The number of hydrogen-bond acceptors (Lipinski definition) is 5. The van der Waals surface area contributed by atoms with Crippen molar-refractivity contribution in [1.29, 1.82) is 0 Å². The predicted octanol–water partition coefficient (Wildman–Crippen LogP) is 0.149. The minimum Gasteiger partial charge on any atom is -0.377 e. The van der Waals surface area contributed by atoms with Gasteiger partial charge in [-0.2, -0.15) is 5.10 Å². The van der Waals surface area contributed by atoms with Crippen LogP contribution >= 0.6 is 0 Å². The first-order valence-corrected chi connectivity index (χ1v) is 6.06. The molecule has 3 N–H and O–H groups in total. The van der Waals surface area contributed by atoms with Gasteiger partial charge in [-0.1, -0.05) is 12.8 Å². The molecule has 0 radical (unpaired) electrons. The van der Waals surface area contributed by atoms with Gasteiger partial charge in [-0.05, 0) is 12.8 Å². The van der Waals surface area contributed by atoms with Crippen LogP contribution in [0.15, 0.2) is 6.33 Å². The van der Waals surface area contributed by atoms with Crippen molar-refractivity contribution in [2.45, 2.75) is 43.7 Å². The van der Waals surface area contributed by atoms with E-state index in [1.165, 1.54) is 12.8 Å². The van der Waals surface area contributed by atoms with Crippen LogP contribution in [0.4, 0.5) is 0 Å². The average Bonchev–Trinajstić information content (AvgIpc) is 2.96. The molecule has 0 aliphatic heterocycles. The summed E-state index contributed by atoms with van der Waals surface area (Å²) in [7, 11) is 3.66. The molecule has 1 fully saturated rings. The lowest BCUT2D eigenvalue weighted by Crippen LogP contribution is -2.54. The number of nitrogens with zero attached hydrogens (tertiary/aromatic N) is 3. The van der Waals surface area contributed by atoms with Crippen molar-refractivity contribution in [2.24, 2.45) is 12.9 Å². The molecule has 1 unspecified atom stereocenters. The zero-order valence-electron chi connectivity index (χ0n) is 10.5. The molecule has 17 heavy (non-hydrogen) atoms. The van der Waals surface area contributed by atoms with Crippen molar-refractivity contribution in [3.05, 3.63) is 12.2 Å². The smallest absolute Gasteiger partial charge is 0.138 e. The quantitative estimate of drug-likeness (QED) is 0.565. The second-order valence-electron chi connectivity index (χ2n) is 4.70. The number of rotatable bonds is 5. The fourth-order valence-corrected chi connectivity index (χ4v) is 2.75. The number of hydrogen-bond donors (Lipinski definition) is 2. The molecule has 0 aromatic carbocycles. The van der Waals surface area contributed by atoms with Gasteiger partial charge in [0.15, 0.2) is 0 Å². The third kappa shape index (κ3) is 2.34. The fraction of sp³-hybridized carbons (Fsp3) is 0.818. The van der Waals surface area contributed by atoms with Crippen molar-refractivity contribution in [1.82, 2.24) is 20.2 Å². The molecule has 1 aromatic heterocycles. The highest BCUT2D eigenvalue weighted by atomic mass is 16.5. The Morgan fingerprint density at radius 1 is 1.59 bits per heavy atom. The molecule has 0 bridgehead atoms. The van der Waals surface area contributed by atoms with Crippen LogP contribution in [-0.4, -0.2) is 33.5 Å². The Kier molecular flexibility index (Phi) is 3.76. The summed E-state index contributed by atoms with van der Waals surface area (Å²) in [5, 5.41) is 4.08. The summed E-state index contributed by atoms with van der Waals surface area (Å²) in [6.07, 6.45) is 6.81. The number of aromatic nitrogens is 3. The summed E-state index contributed by atoms with van der Waals surface area (Å²) in [5.41, 5.74) is 2.74. The lowest BCUT2D eigenvalue weighted by atomic mass is 9.90. The fourth-order valence-electron chi connectivity index (χ4n) is 2.75. The van der Waals surface area contributed by atoms with Crippen LogP contribution in [0.25, 0.3) is 0 Å². The Labute approximate surface area is 102 Å². The van der Waals surface area contributed by atoms with Gasteiger partial charge < -0.3 is 4.74 Å². The Bertz CT molecular complexity index is 358. The van der Waals surface area contributed by atoms with Crippen molar-refractivity contribution in [3.63, 3.8) is 0 Å². The van der Waals surface area contributed by atoms with E-state index < -0.39 is 0 Å². The Morgan fingerprint density at radius 3 is 2.76 bits per heavy atom. The van der Waals surface area contributed by atoms with E-state index in [1.807, 2.05) is 7.05 Å². The van der Waals surface area contributed by atoms with E-state index in [4.69, 9.17) is 10.6 Å². The van der Waals surface area contributed by atoms with Crippen molar-refractivity contribution in [3.8, 4) is 0 Å². The molecule has 0 amide bonds. The molecular weight excluding hydrogens is 218 g/mol. The van der Waals surface area contributed by atoms with E-state index in [1.54, 1.807) is 18.1 Å². The highest BCUT2D eigenvalue weighted by molar-refractivity contribution is 5.01. The molecule has 1 atom stereocenters. The molecule has 0 saturated heterocycles. The van der Waals surface area contributed by atoms with E-state index in [0.29, 0.717) is 0 Å². The highest BCUT2D eigenvalue weighted by Gasteiger charge is 2.41. The zero-order chi connectivity index (χ0) is 12.3. The minimum atomic E-state index is -0.152. The molecular formula is C11H21N5O. The zero-order valence-corrected chi connectivity index (χ0v) is 10.5. The largest absolute Gasteiger partial charge is 0.377 e. The van der Waals surface area contributed by atoms with Gasteiger partial charge in [0.05, 0.1) is 11.6 Å². The Balaban J connectivity index is 2.13. The molecule has 1 aromatic rings. The van der Waals surface area contributed by atoms with E-state index in [-0.39, 0.29) is 11.6 Å². The molecule has 6 nitrogen and oxygen atoms in total. The number of ether oxygens (including phenoxy) is 1. The van der Waals surface area contributed by atoms with Crippen molar-refractivity contribution < 1.29 is 4.74 Å². The summed E-state index contributed by atoms with van der Waals surface area (Å²) in [6, 6.07) is 0.0814. The molecule has 0 spiro atoms. The lowest BCUT2D eigenvalue weighted by molar-refractivity contribution is -0.0362. The van der Waals surface area contributed by atoms with Gasteiger partial charge in [0.2, 0.25) is 0 Å².